The Morgan fingerprint density at radius 1 is 1.00 bits per heavy atom. The standard InChI is InChI=1S/C20H23NOS/c1-15(14-18(22)16-10-6-5-7-11-16)21-17-12-8-9-13-19(17)23-20(2,3)4/h5-13H,14H2,1-4H3. The van der Waals surface area contributed by atoms with E-state index >= 15 is 0 Å². The van der Waals surface area contributed by atoms with Gasteiger partial charge in [0.1, 0.15) is 0 Å². The van der Waals surface area contributed by atoms with Crippen LogP contribution in [0.2, 0.25) is 0 Å². The molecule has 0 N–H and O–H groups in total. The molecule has 0 aliphatic heterocycles. The summed E-state index contributed by atoms with van der Waals surface area (Å²) in [7, 11) is 0. The van der Waals surface area contributed by atoms with Gasteiger partial charge in [0.25, 0.3) is 0 Å². The van der Waals surface area contributed by atoms with Gasteiger partial charge in [-0.05, 0) is 19.1 Å². The fourth-order valence-electron chi connectivity index (χ4n) is 2.17. The van der Waals surface area contributed by atoms with Crippen LogP contribution in [-0.4, -0.2) is 16.2 Å². The van der Waals surface area contributed by atoms with Crippen LogP contribution in [0.5, 0.6) is 0 Å². The van der Waals surface area contributed by atoms with E-state index in [1.807, 2.05) is 55.5 Å². The van der Waals surface area contributed by atoms with Gasteiger partial charge in [-0.2, -0.15) is 0 Å². The number of nitrogens with zero attached hydrogens (tertiary/aromatic N) is 1. The van der Waals surface area contributed by atoms with E-state index in [0.717, 1.165) is 21.9 Å². The van der Waals surface area contributed by atoms with E-state index in [-0.39, 0.29) is 10.5 Å². The van der Waals surface area contributed by atoms with E-state index in [2.05, 4.69) is 31.8 Å². The Bertz CT molecular complexity index is 699. The Labute approximate surface area is 143 Å². The van der Waals surface area contributed by atoms with Crippen LogP contribution in [0.3, 0.4) is 0 Å². The monoisotopic (exact) mass is 325 g/mol. The molecule has 3 heteroatoms. The number of carbonyl (C=O) groups is 1. The molecule has 2 rings (SSSR count). The summed E-state index contributed by atoms with van der Waals surface area (Å²) in [5.74, 6) is 0.104. The zero-order valence-electron chi connectivity index (χ0n) is 14.2. The van der Waals surface area contributed by atoms with Crippen molar-refractivity contribution in [1.29, 1.82) is 0 Å². The van der Waals surface area contributed by atoms with Gasteiger partial charge >= 0.3 is 0 Å². The van der Waals surface area contributed by atoms with Crippen molar-refractivity contribution in [3.05, 3.63) is 60.2 Å². The summed E-state index contributed by atoms with van der Waals surface area (Å²) in [6.45, 7) is 8.47. The van der Waals surface area contributed by atoms with Gasteiger partial charge in [0, 0.05) is 27.3 Å². The van der Waals surface area contributed by atoms with Gasteiger partial charge in [0.2, 0.25) is 0 Å². The molecule has 2 aromatic rings. The molecule has 23 heavy (non-hydrogen) atoms. The highest BCUT2D eigenvalue weighted by Gasteiger charge is 2.15. The van der Waals surface area contributed by atoms with Crippen LogP contribution >= 0.6 is 11.8 Å². The highest BCUT2D eigenvalue weighted by Crippen LogP contribution is 2.37. The van der Waals surface area contributed by atoms with Crippen LogP contribution in [0.1, 0.15) is 44.5 Å². The third-order valence-corrected chi connectivity index (χ3v) is 4.28. The lowest BCUT2D eigenvalue weighted by molar-refractivity contribution is 0.100. The summed E-state index contributed by atoms with van der Waals surface area (Å²) in [6.07, 6.45) is 0.346. The number of ketones is 1. The van der Waals surface area contributed by atoms with Crippen LogP contribution < -0.4 is 0 Å². The Morgan fingerprint density at radius 2 is 1.61 bits per heavy atom. The molecule has 0 aliphatic rings. The van der Waals surface area contributed by atoms with E-state index in [0.29, 0.717) is 6.42 Å². The number of Topliss-reactive ketones (excluding diaryl/α,β-unsaturated/α-hetero) is 1. The maximum atomic E-state index is 12.3. The molecule has 0 amide bonds. The second-order valence-electron chi connectivity index (χ2n) is 6.50. The predicted octanol–water partition coefficient (Wildman–Crippen LogP) is 5.94. The van der Waals surface area contributed by atoms with Crippen molar-refractivity contribution in [1.82, 2.24) is 0 Å². The lowest BCUT2D eigenvalue weighted by Crippen LogP contribution is -2.07. The summed E-state index contributed by atoms with van der Waals surface area (Å²) >= 11 is 1.79. The number of hydrogen-bond donors (Lipinski definition) is 0. The van der Waals surface area contributed by atoms with Crippen LogP contribution in [0.4, 0.5) is 5.69 Å². The Kier molecular flexibility index (Phi) is 5.78. The number of para-hydroxylation sites is 1. The Hall–Kier alpha value is -1.87. The molecule has 0 fully saturated rings. The van der Waals surface area contributed by atoms with E-state index in [4.69, 9.17) is 0 Å². The molecule has 0 unspecified atom stereocenters. The lowest BCUT2D eigenvalue weighted by atomic mass is 10.1. The molecule has 2 aromatic carbocycles. The molecule has 0 radical (unpaired) electrons. The van der Waals surface area contributed by atoms with Crippen LogP contribution in [-0.2, 0) is 0 Å². The molecule has 0 saturated carbocycles. The number of benzene rings is 2. The third-order valence-electron chi connectivity index (χ3n) is 3.10. The van der Waals surface area contributed by atoms with Crippen LogP contribution in [0, 0.1) is 0 Å². The smallest absolute Gasteiger partial charge is 0.168 e. The first-order valence-electron chi connectivity index (χ1n) is 7.75. The Balaban J connectivity index is 2.17. The highest BCUT2D eigenvalue weighted by molar-refractivity contribution is 8.00. The summed E-state index contributed by atoms with van der Waals surface area (Å²) in [4.78, 5) is 18.1. The topological polar surface area (TPSA) is 29.4 Å². The third kappa shape index (κ3) is 5.68. The second kappa shape index (κ2) is 7.60. The fourth-order valence-corrected chi connectivity index (χ4v) is 3.19. The molecular formula is C20H23NOS. The molecule has 2 nitrogen and oxygen atoms in total. The van der Waals surface area contributed by atoms with Crippen molar-refractivity contribution in [3.8, 4) is 0 Å². The molecule has 0 saturated heterocycles. The zero-order valence-corrected chi connectivity index (χ0v) is 15.0. The average Bonchev–Trinajstić information content (AvgIpc) is 2.48. The quantitative estimate of drug-likeness (QED) is 0.386. The van der Waals surface area contributed by atoms with Gasteiger partial charge in [0.05, 0.1) is 5.69 Å². The van der Waals surface area contributed by atoms with Gasteiger partial charge in [-0.3, -0.25) is 9.79 Å². The lowest BCUT2D eigenvalue weighted by Gasteiger charge is -2.18. The predicted molar refractivity (Wildman–Crippen MR) is 100 cm³/mol. The molecule has 0 aliphatic carbocycles. The second-order valence-corrected chi connectivity index (χ2v) is 8.36. The van der Waals surface area contributed by atoms with E-state index in [9.17, 15) is 4.79 Å². The summed E-state index contributed by atoms with van der Waals surface area (Å²) in [5.41, 5.74) is 2.51. The van der Waals surface area contributed by atoms with Gasteiger partial charge in [-0.15, -0.1) is 11.8 Å². The first-order valence-corrected chi connectivity index (χ1v) is 8.57. The molecular weight excluding hydrogens is 302 g/mol. The zero-order chi connectivity index (χ0) is 16.9. The normalized spacial score (nSPS) is 12.3. The minimum Gasteiger partial charge on any atom is -0.294 e. The SMILES string of the molecule is CC(CC(=O)c1ccccc1)=Nc1ccccc1SC(C)(C)C. The number of hydrogen-bond acceptors (Lipinski definition) is 3. The molecule has 0 spiro atoms. The molecule has 0 aromatic heterocycles. The van der Waals surface area contributed by atoms with Gasteiger partial charge in [-0.25, -0.2) is 0 Å². The van der Waals surface area contributed by atoms with Gasteiger partial charge < -0.3 is 0 Å². The largest absolute Gasteiger partial charge is 0.294 e. The maximum absolute atomic E-state index is 12.3. The summed E-state index contributed by atoms with van der Waals surface area (Å²) in [6, 6.07) is 17.5. The van der Waals surface area contributed by atoms with Gasteiger partial charge in [-0.1, -0.05) is 63.2 Å². The van der Waals surface area contributed by atoms with Crippen molar-refractivity contribution in [3.63, 3.8) is 0 Å². The van der Waals surface area contributed by atoms with E-state index in [1.165, 1.54) is 0 Å². The summed E-state index contributed by atoms with van der Waals surface area (Å²) in [5, 5.41) is 0. The maximum Gasteiger partial charge on any atom is 0.168 e. The number of rotatable bonds is 5. The van der Waals surface area contributed by atoms with Crippen molar-refractivity contribution in [2.75, 3.05) is 0 Å². The van der Waals surface area contributed by atoms with Crippen LogP contribution in [0.15, 0.2) is 64.5 Å². The van der Waals surface area contributed by atoms with E-state index in [1.54, 1.807) is 11.8 Å². The molecule has 0 heterocycles. The first-order chi connectivity index (χ1) is 10.8. The average molecular weight is 325 g/mol. The first kappa shape index (κ1) is 17.5. The van der Waals surface area contributed by atoms with Gasteiger partial charge in [0.15, 0.2) is 5.78 Å². The van der Waals surface area contributed by atoms with Crippen molar-refractivity contribution >= 4 is 28.9 Å². The minimum absolute atomic E-state index is 0.104. The summed E-state index contributed by atoms with van der Waals surface area (Å²) < 4.78 is 0.124. The number of aliphatic imine (C=N–C) groups is 1. The molecule has 0 bridgehead atoms. The van der Waals surface area contributed by atoms with Crippen molar-refractivity contribution in [2.24, 2.45) is 4.99 Å². The number of carbonyl (C=O) groups excluding carboxylic acids is 1. The Morgan fingerprint density at radius 3 is 2.26 bits per heavy atom. The number of thioether (sulfide) groups is 1. The molecule has 120 valence electrons. The molecule has 0 atom stereocenters. The van der Waals surface area contributed by atoms with Crippen molar-refractivity contribution in [2.45, 2.75) is 43.8 Å². The van der Waals surface area contributed by atoms with Crippen molar-refractivity contribution < 1.29 is 4.79 Å². The van der Waals surface area contributed by atoms with Crippen LogP contribution in [0.25, 0.3) is 0 Å². The highest BCUT2D eigenvalue weighted by atomic mass is 32.2. The fraction of sp³-hybridized carbons (Fsp3) is 0.300. The van der Waals surface area contributed by atoms with E-state index < -0.39 is 0 Å². The minimum atomic E-state index is 0.104.